The van der Waals surface area contributed by atoms with Crippen molar-refractivity contribution < 1.29 is 4.74 Å². The van der Waals surface area contributed by atoms with Gasteiger partial charge in [0, 0.05) is 5.54 Å². The summed E-state index contributed by atoms with van der Waals surface area (Å²) in [5.41, 5.74) is 0.619. The molecule has 0 bridgehead atoms. The van der Waals surface area contributed by atoms with Crippen LogP contribution >= 0.6 is 0 Å². The Morgan fingerprint density at radius 1 is 1.15 bits per heavy atom. The van der Waals surface area contributed by atoms with Crippen LogP contribution in [0.3, 0.4) is 0 Å². The molecule has 0 saturated carbocycles. The Balaban J connectivity index is 2.35. The monoisotopic (exact) mass is 185 g/mol. The molecule has 0 aromatic rings. The topological polar surface area (TPSA) is 21.3 Å². The second-order valence-electron chi connectivity index (χ2n) is 6.00. The lowest BCUT2D eigenvalue weighted by Gasteiger charge is -2.39. The first-order valence-corrected chi connectivity index (χ1v) is 5.14. The van der Waals surface area contributed by atoms with Gasteiger partial charge in [-0.3, -0.25) is 0 Å². The highest BCUT2D eigenvalue weighted by Gasteiger charge is 2.30. The molecule has 1 N–H and O–H groups in total. The number of ether oxygens (including phenoxy) is 1. The van der Waals surface area contributed by atoms with Crippen LogP contribution in [-0.4, -0.2) is 24.8 Å². The molecular weight excluding hydrogens is 162 g/mol. The molecule has 0 aromatic carbocycles. The van der Waals surface area contributed by atoms with Crippen molar-refractivity contribution in [2.24, 2.45) is 5.41 Å². The van der Waals surface area contributed by atoms with Gasteiger partial charge in [-0.2, -0.15) is 0 Å². The summed E-state index contributed by atoms with van der Waals surface area (Å²) in [7, 11) is 0. The smallest absolute Gasteiger partial charge is 0.0643 e. The van der Waals surface area contributed by atoms with Crippen molar-refractivity contribution in [1.29, 1.82) is 0 Å². The molecule has 0 amide bonds. The fraction of sp³-hybridized carbons (Fsp3) is 1.00. The summed E-state index contributed by atoms with van der Waals surface area (Å²) >= 11 is 0. The van der Waals surface area contributed by atoms with Crippen molar-refractivity contribution in [2.75, 3.05) is 13.2 Å². The lowest BCUT2D eigenvalue weighted by Crippen LogP contribution is -2.55. The Morgan fingerprint density at radius 3 is 2.00 bits per heavy atom. The van der Waals surface area contributed by atoms with Crippen LogP contribution in [0, 0.1) is 5.41 Å². The highest BCUT2D eigenvalue weighted by atomic mass is 16.5. The van der Waals surface area contributed by atoms with Crippen LogP contribution < -0.4 is 5.32 Å². The van der Waals surface area contributed by atoms with Crippen LogP contribution in [0.25, 0.3) is 0 Å². The summed E-state index contributed by atoms with van der Waals surface area (Å²) in [6.45, 7) is 13.2. The van der Waals surface area contributed by atoms with E-state index in [0.717, 1.165) is 13.2 Å². The SMILES string of the molecule is CC(C)(C)CC(C)(C)NC1COC1. The molecule has 0 radical (unpaired) electrons. The molecule has 2 nitrogen and oxygen atoms in total. The molecule has 1 rings (SSSR count). The van der Waals surface area contributed by atoms with E-state index >= 15 is 0 Å². The van der Waals surface area contributed by atoms with Crippen LogP contribution in [0.15, 0.2) is 0 Å². The highest BCUT2D eigenvalue weighted by Crippen LogP contribution is 2.27. The number of hydrogen-bond donors (Lipinski definition) is 1. The third-order valence-electron chi connectivity index (χ3n) is 2.21. The average molecular weight is 185 g/mol. The van der Waals surface area contributed by atoms with Crippen molar-refractivity contribution in [1.82, 2.24) is 5.32 Å². The predicted octanol–water partition coefficient (Wildman–Crippen LogP) is 2.19. The van der Waals surface area contributed by atoms with Gasteiger partial charge in [0.1, 0.15) is 0 Å². The third-order valence-corrected chi connectivity index (χ3v) is 2.21. The zero-order valence-electron chi connectivity index (χ0n) is 9.61. The van der Waals surface area contributed by atoms with Crippen molar-refractivity contribution >= 4 is 0 Å². The van der Waals surface area contributed by atoms with E-state index in [2.05, 4.69) is 39.9 Å². The zero-order valence-corrected chi connectivity index (χ0v) is 9.61. The first-order valence-electron chi connectivity index (χ1n) is 5.14. The molecule has 2 heteroatoms. The Bertz CT molecular complexity index is 165. The summed E-state index contributed by atoms with van der Waals surface area (Å²) < 4.78 is 5.15. The molecule has 0 unspecified atom stereocenters. The molecule has 1 aliphatic heterocycles. The van der Waals surface area contributed by atoms with Crippen molar-refractivity contribution in [3.8, 4) is 0 Å². The Labute approximate surface area is 82.0 Å². The van der Waals surface area contributed by atoms with Crippen LogP contribution in [0.1, 0.15) is 41.0 Å². The quantitative estimate of drug-likeness (QED) is 0.727. The van der Waals surface area contributed by atoms with E-state index in [1.165, 1.54) is 6.42 Å². The fourth-order valence-corrected chi connectivity index (χ4v) is 2.25. The first kappa shape index (κ1) is 11.0. The highest BCUT2D eigenvalue weighted by molar-refractivity contribution is 4.88. The molecule has 1 fully saturated rings. The van der Waals surface area contributed by atoms with Crippen LogP contribution in [0.2, 0.25) is 0 Å². The van der Waals surface area contributed by atoms with E-state index in [-0.39, 0.29) is 5.54 Å². The summed E-state index contributed by atoms with van der Waals surface area (Å²) in [5.74, 6) is 0. The molecule has 1 saturated heterocycles. The van der Waals surface area contributed by atoms with Crippen molar-refractivity contribution in [3.05, 3.63) is 0 Å². The minimum atomic E-state index is 0.229. The average Bonchev–Trinajstić information content (AvgIpc) is 1.73. The standard InChI is InChI=1S/C11H23NO/c1-10(2,3)8-11(4,5)12-9-6-13-7-9/h9,12H,6-8H2,1-5H3. The molecule has 78 valence electrons. The van der Waals surface area contributed by atoms with Gasteiger partial charge < -0.3 is 10.1 Å². The number of hydrogen-bond acceptors (Lipinski definition) is 2. The maximum absolute atomic E-state index is 5.15. The van der Waals surface area contributed by atoms with Crippen LogP contribution in [0.4, 0.5) is 0 Å². The van der Waals surface area contributed by atoms with Gasteiger partial charge in [0.15, 0.2) is 0 Å². The number of rotatable bonds is 3. The number of nitrogens with one attached hydrogen (secondary N) is 1. The molecule has 0 atom stereocenters. The largest absolute Gasteiger partial charge is 0.378 e. The minimum Gasteiger partial charge on any atom is -0.378 e. The Kier molecular flexibility index (Phi) is 3.03. The van der Waals surface area contributed by atoms with E-state index in [0.29, 0.717) is 11.5 Å². The van der Waals surface area contributed by atoms with E-state index in [4.69, 9.17) is 4.74 Å². The summed E-state index contributed by atoms with van der Waals surface area (Å²) in [5, 5.41) is 3.62. The molecule has 1 heterocycles. The molecule has 0 aliphatic carbocycles. The van der Waals surface area contributed by atoms with Gasteiger partial charge in [-0.05, 0) is 25.7 Å². The van der Waals surface area contributed by atoms with E-state index in [1.807, 2.05) is 0 Å². The van der Waals surface area contributed by atoms with Gasteiger partial charge in [0.25, 0.3) is 0 Å². The Hall–Kier alpha value is -0.0800. The van der Waals surface area contributed by atoms with Gasteiger partial charge in [-0.1, -0.05) is 20.8 Å². The van der Waals surface area contributed by atoms with Crippen molar-refractivity contribution in [2.45, 2.75) is 52.6 Å². The molecule has 1 aliphatic rings. The normalized spacial score (nSPS) is 20.1. The summed E-state index contributed by atoms with van der Waals surface area (Å²) in [6, 6.07) is 0.581. The van der Waals surface area contributed by atoms with Gasteiger partial charge >= 0.3 is 0 Å². The minimum absolute atomic E-state index is 0.229. The van der Waals surface area contributed by atoms with E-state index in [9.17, 15) is 0 Å². The fourth-order valence-electron chi connectivity index (χ4n) is 2.25. The van der Waals surface area contributed by atoms with Crippen LogP contribution in [-0.2, 0) is 4.74 Å². The maximum Gasteiger partial charge on any atom is 0.0643 e. The first-order chi connectivity index (χ1) is 5.79. The second-order valence-corrected chi connectivity index (χ2v) is 6.00. The van der Waals surface area contributed by atoms with Crippen molar-refractivity contribution in [3.63, 3.8) is 0 Å². The molecule has 13 heavy (non-hydrogen) atoms. The second kappa shape index (κ2) is 3.58. The van der Waals surface area contributed by atoms with E-state index < -0.39 is 0 Å². The van der Waals surface area contributed by atoms with Gasteiger partial charge in [0.05, 0.1) is 19.3 Å². The lowest BCUT2D eigenvalue weighted by atomic mass is 9.81. The van der Waals surface area contributed by atoms with Gasteiger partial charge in [-0.15, -0.1) is 0 Å². The third kappa shape index (κ3) is 4.10. The van der Waals surface area contributed by atoms with Gasteiger partial charge in [0.2, 0.25) is 0 Å². The summed E-state index contributed by atoms with van der Waals surface area (Å²) in [4.78, 5) is 0. The van der Waals surface area contributed by atoms with Crippen LogP contribution in [0.5, 0.6) is 0 Å². The van der Waals surface area contributed by atoms with E-state index in [1.54, 1.807) is 0 Å². The lowest BCUT2D eigenvalue weighted by molar-refractivity contribution is -0.0199. The zero-order chi connectivity index (χ0) is 10.1. The maximum atomic E-state index is 5.15. The molecule has 0 aromatic heterocycles. The van der Waals surface area contributed by atoms with Gasteiger partial charge in [-0.25, -0.2) is 0 Å². The molecular formula is C11H23NO. The Morgan fingerprint density at radius 2 is 1.69 bits per heavy atom. The molecule has 0 spiro atoms. The predicted molar refractivity (Wildman–Crippen MR) is 55.9 cm³/mol. The summed E-state index contributed by atoms with van der Waals surface area (Å²) in [6.07, 6.45) is 1.19.